The minimum atomic E-state index is -0.395. The van der Waals surface area contributed by atoms with Crippen LogP contribution >= 0.6 is 11.3 Å². The van der Waals surface area contributed by atoms with Gasteiger partial charge in [0, 0.05) is 22.8 Å². The maximum Gasteiger partial charge on any atom is 0.250 e. The molecule has 1 aromatic carbocycles. The molecule has 6 nitrogen and oxygen atoms in total. The summed E-state index contributed by atoms with van der Waals surface area (Å²) in [7, 11) is 1.64. The summed E-state index contributed by atoms with van der Waals surface area (Å²) in [5.41, 5.74) is 1.86. The van der Waals surface area contributed by atoms with E-state index in [9.17, 15) is 4.79 Å². The summed E-state index contributed by atoms with van der Waals surface area (Å²) in [6, 6.07) is 9.10. The Balaban J connectivity index is 1.77. The van der Waals surface area contributed by atoms with Gasteiger partial charge < -0.3 is 10.1 Å². The molecule has 7 heteroatoms. The summed E-state index contributed by atoms with van der Waals surface area (Å²) in [4.78, 5) is 17.9. The number of nitrogens with zero attached hydrogens (tertiary/aromatic N) is 3. The van der Waals surface area contributed by atoms with Crippen molar-refractivity contribution in [2.75, 3.05) is 12.4 Å². The molecule has 0 bridgehead atoms. The number of aryl methyl sites for hydroxylation is 1. The average molecular weight is 342 g/mol. The smallest absolute Gasteiger partial charge is 0.250 e. The summed E-state index contributed by atoms with van der Waals surface area (Å²) in [6.07, 6.45) is 3.42. The Labute approximate surface area is 144 Å². The highest BCUT2D eigenvalue weighted by atomic mass is 32.1. The molecule has 0 aliphatic rings. The largest absolute Gasteiger partial charge is 0.497 e. The number of carbonyl (C=O) groups excluding carboxylic acids is 1. The van der Waals surface area contributed by atoms with E-state index in [-0.39, 0.29) is 5.91 Å². The zero-order chi connectivity index (χ0) is 17.1. The molecular formula is C17H18N4O2S. The lowest BCUT2D eigenvalue weighted by molar-refractivity contribution is -0.119. The summed E-state index contributed by atoms with van der Waals surface area (Å²) in [5.74, 6) is 0.655. The molecule has 0 saturated carbocycles. The summed E-state index contributed by atoms with van der Waals surface area (Å²) < 4.78 is 6.78. The monoisotopic (exact) mass is 342 g/mol. The van der Waals surface area contributed by atoms with Gasteiger partial charge in [0.15, 0.2) is 5.13 Å². The molecule has 0 radical (unpaired) electrons. The van der Waals surface area contributed by atoms with Crippen LogP contribution in [0.15, 0.2) is 42.7 Å². The second-order valence-electron chi connectivity index (χ2n) is 5.30. The van der Waals surface area contributed by atoms with Gasteiger partial charge in [-0.3, -0.25) is 9.48 Å². The Morgan fingerprint density at radius 3 is 2.71 bits per heavy atom. The van der Waals surface area contributed by atoms with Crippen molar-refractivity contribution in [3.63, 3.8) is 0 Å². The van der Waals surface area contributed by atoms with Crippen LogP contribution in [0.5, 0.6) is 5.75 Å². The normalized spacial score (nSPS) is 12.0. The fourth-order valence-corrected chi connectivity index (χ4v) is 3.15. The molecule has 3 aromatic rings. The van der Waals surface area contributed by atoms with E-state index >= 15 is 0 Å². The molecule has 0 aliphatic heterocycles. The minimum Gasteiger partial charge on any atom is -0.497 e. The Hall–Kier alpha value is -2.67. The van der Waals surface area contributed by atoms with Gasteiger partial charge in [0.1, 0.15) is 11.8 Å². The van der Waals surface area contributed by atoms with E-state index in [1.165, 1.54) is 11.3 Å². The number of carbonyl (C=O) groups is 1. The molecule has 2 heterocycles. The molecule has 3 rings (SSSR count). The van der Waals surface area contributed by atoms with Crippen molar-refractivity contribution in [2.24, 2.45) is 0 Å². The molecule has 2 aromatic heterocycles. The number of amides is 1. The molecule has 0 unspecified atom stereocenters. The zero-order valence-electron chi connectivity index (χ0n) is 13.7. The Kier molecular flexibility index (Phi) is 4.61. The fourth-order valence-electron chi connectivity index (χ4n) is 2.31. The van der Waals surface area contributed by atoms with Gasteiger partial charge in [-0.15, -0.1) is 11.3 Å². The SMILES string of the molecule is COc1ccc(-c2nc(NC(=O)[C@H](C)n3cccn3)sc2C)cc1. The van der Waals surface area contributed by atoms with E-state index in [1.807, 2.05) is 31.2 Å². The van der Waals surface area contributed by atoms with Crippen LogP contribution in [-0.2, 0) is 4.79 Å². The molecule has 0 saturated heterocycles. The van der Waals surface area contributed by atoms with Crippen molar-refractivity contribution in [3.05, 3.63) is 47.6 Å². The van der Waals surface area contributed by atoms with Gasteiger partial charge in [-0.1, -0.05) is 0 Å². The predicted octanol–water partition coefficient (Wildman–Crippen LogP) is 3.52. The summed E-state index contributed by atoms with van der Waals surface area (Å²) in [5, 5.41) is 7.54. The molecule has 1 N–H and O–H groups in total. The number of anilines is 1. The van der Waals surface area contributed by atoms with E-state index < -0.39 is 6.04 Å². The number of hydrogen-bond acceptors (Lipinski definition) is 5. The third-order valence-corrected chi connectivity index (χ3v) is 4.58. The second-order valence-corrected chi connectivity index (χ2v) is 6.51. The first kappa shape index (κ1) is 16.2. The standard InChI is InChI=1S/C17H18N4O2S/c1-11(21-10-4-9-18-21)16(22)20-17-19-15(12(2)24-17)13-5-7-14(23-3)8-6-13/h4-11H,1-3H3,(H,19,20,22)/t11-/m0/s1. The minimum absolute atomic E-state index is 0.145. The van der Waals surface area contributed by atoms with Gasteiger partial charge in [0.25, 0.3) is 5.91 Å². The number of benzene rings is 1. The van der Waals surface area contributed by atoms with Gasteiger partial charge in [0.05, 0.1) is 12.8 Å². The van der Waals surface area contributed by atoms with Crippen molar-refractivity contribution in [2.45, 2.75) is 19.9 Å². The molecule has 0 fully saturated rings. The lowest BCUT2D eigenvalue weighted by atomic mass is 10.1. The van der Waals surface area contributed by atoms with Crippen LogP contribution < -0.4 is 10.1 Å². The van der Waals surface area contributed by atoms with Crippen LogP contribution in [0.25, 0.3) is 11.3 Å². The lowest BCUT2D eigenvalue weighted by Crippen LogP contribution is -2.23. The Bertz CT molecular complexity index is 825. The van der Waals surface area contributed by atoms with Gasteiger partial charge >= 0.3 is 0 Å². The first-order valence-corrected chi connectivity index (χ1v) is 8.32. The van der Waals surface area contributed by atoms with Gasteiger partial charge in [-0.25, -0.2) is 4.98 Å². The molecule has 0 aliphatic carbocycles. The predicted molar refractivity (Wildman–Crippen MR) is 94.4 cm³/mol. The highest BCUT2D eigenvalue weighted by Gasteiger charge is 2.18. The maximum atomic E-state index is 12.3. The third-order valence-electron chi connectivity index (χ3n) is 3.69. The highest BCUT2D eigenvalue weighted by Crippen LogP contribution is 2.31. The summed E-state index contributed by atoms with van der Waals surface area (Å²) >= 11 is 1.46. The number of rotatable bonds is 5. The third kappa shape index (κ3) is 3.30. The Morgan fingerprint density at radius 2 is 2.08 bits per heavy atom. The molecule has 124 valence electrons. The maximum absolute atomic E-state index is 12.3. The molecule has 1 amide bonds. The van der Waals surface area contributed by atoms with Gasteiger partial charge in [-0.05, 0) is 44.2 Å². The number of methoxy groups -OCH3 is 1. The number of hydrogen-bond donors (Lipinski definition) is 1. The van der Waals surface area contributed by atoms with Crippen LogP contribution in [0.1, 0.15) is 17.8 Å². The summed E-state index contributed by atoms with van der Waals surface area (Å²) in [6.45, 7) is 3.79. The fraction of sp³-hybridized carbons (Fsp3) is 0.235. The first-order chi connectivity index (χ1) is 11.6. The van der Waals surface area contributed by atoms with E-state index in [0.29, 0.717) is 5.13 Å². The zero-order valence-corrected chi connectivity index (χ0v) is 14.5. The van der Waals surface area contributed by atoms with Crippen molar-refractivity contribution >= 4 is 22.4 Å². The van der Waals surface area contributed by atoms with E-state index in [1.54, 1.807) is 37.2 Å². The Morgan fingerprint density at radius 1 is 1.33 bits per heavy atom. The quantitative estimate of drug-likeness (QED) is 0.770. The van der Waals surface area contributed by atoms with Crippen LogP contribution in [0.2, 0.25) is 0 Å². The van der Waals surface area contributed by atoms with Crippen LogP contribution in [0.3, 0.4) is 0 Å². The number of nitrogens with one attached hydrogen (secondary N) is 1. The van der Waals surface area contributed by atoms with E-state index in [2.05, 4.69) is 15.4 Å². The van der Waals surface area contributed by atoms with E-state index in [4.69, 9.17) is 4.74 Å². The van der Waals surface area contributed by atoms with Crippen molar-refractivity contribution in [1.29, 1.82) is 0 Å². The van der Waals surface area contributed by atoms with Gasteiger partial charge in [-0.2, -0.15) is 5.10 Å². The number of aromatic nitrogens is 3. The highest BCUT2D eigenvalue weighted by molar-refractivity contribution is 7.16. The molecule has 1 atom stereocenters. The van der Waals surface area contributed by atoms with Gasteiger partial charge in [0.2, 0.25) is 0 Å². The van der Waals surface area contributed by atoms with E-state index in [0.717, 1.165) is 21.9 Å². The van der Waals surface area contributed by atoms with Crippen LogP contribution in [0.4, 0.5) is 5.13 Å². The topological polar surface area (TPSA) is 69.0 Å². The first-order valence-electron chi connectivity index (χ1n) is 7.50. The lowest BCUT2D eigenvalue weighted by Gasteiger charge is -2.10. The average Bonchev–Trinajstić information content (AvgIpc) is 3.24. The van der Waals surface area contributed by atoms with Crippen molar-refractivity contribution < 1.29 is 9.53 Å². The van der Waals surface area contributed by atoms with Crippen LogP contribution in [0, 0.1) is 6.92 Å². The van der Waals surface area contributed by atoms with Crippen LogP contribution in [-0.4, -0.2) is 27.8 Å². The molecule has 24 heavy (non-hydrogen) atoms. The van der Waals surface area contributed by atoms with Crippen molar-refractivity contribution in [1.82, 2.24) is 14.8 Å². The number of ether oxygens (including phenoxy) is 1. The molecular weight excluding hydrogens is 324 g/mol. The number of thiazole rings is 1. The van der Waals surface area contributed by atoms with Crippen molar-refractivity contribution in [3.8, 4) is 17.0 Å². The molecule has 0 spiro atoms. The second kappa shape index (κ2) is 6.84.